The van der Waals surface area contributed by atoms with Crippen molar-refractivity contribution in [2.24, 2.45) is 0 Å². The number of thiazole rings is 1. The van der Waals surface area contributed by atoms with E-state index in [4.69, 9.17) is 15.0 Å². The third-order valence-corrected chi connectivity index (χ3v) is 5.56. The molecule has 0 aliphatic carbocycles. The van der Waals surface area contributed by atoms with Crippen LogP contribution >= 0.6 is 23.7 Å². The van der Waals surface area contributed by atoms with Gasteiger partial charge in [-0.05, 0) is 24.3 Å². The van der Waals surface area contributed by atoms with E-state index in [9.17, 15) is 4.39 Å². The highest BCUT2D eigenvalue weighted by atomic mass is 35.5. The Kier molecular flexibility index (Phi) is 4.29. The van der Waals surface area contributed by atoms with Gasteiger partial charge in [0.1, 0.15) is 5.82 Å². The van der Waals surface area contributed by atoms with E-state index in [1.807, 2.05) is 0 Å². The number of nitrogens with zero attached hydrogens (tertiary/aromatic N) is 4. The minimum absolute atomic E-state index is 0. The molecule has 26 heavy (non-hydrogen) atoms. The van der Waals surface area contributed by atoms with E-state index >= 15 is 0 Å². The first kappa shape index (κ1) is 17.2. The molecule has 1 saturated heterocycles. The summed E-state index contributed by atoms with van der Waals surface area (Å²) >= 11 is 1.48. The molecule has 2 aliphatic rings. The molecule has 5 rings (SSSR count). The van der Waals surface area contributed by atoms with Crippen LogP contribution in [0.2, 0.25) is 0 Å². The number of ether oxygens (including phenoxy) is 1. The van der Waals surface area contributed by atoms with Gasteiger partial charge in [-0.25, -0.2) is 9.37 Å². The molecule has 3 aromatic rings. The van der Waals surface area contributed by atoms with E-state index in [1.165, 1.54) is 23.5 Å². The van der Waals surface area contributed by atoms with Gasteiger partial charge in [0.2, 0.25) is 5.82 Å². The molecule has 1 fully saturated rings. The predicted octanol–water partition coefficient (Wildman–Crippen LogP) is 2.84. The van der Waals surface area contributed by atoms with Crippen LogP contribution in [0.4, 0.5) is 15.5 Å². The minimum Gasteiger partial charge on any atom is -0.377 e. The van der Waals surface area contributed by atoms with Crippen molar-refractivity contribution in [2.45, 2.75) is 18.5 Å². The summed E-state index contributed by atoms with van der Waals surface area (Å²) in [5.74, 6) is 0.133. The summed E-state index contributed by atoms with van der Waals surface area (Å²) < 4.78 is 24.3. The normalized spacial score (nSPS) is 21.2. The number of nitrogen functional groups attached to an aromatic ring is 1. The number of nitrogens with two attached hydrogens (primary N) is 1. The van der Waals surface area contributed by atoms with E-state index in [2.05, 4.69) is 20.0 Å². The second-order valence-corrected chi connectivity index (χ2v) is 7.15. The van der Waals surface area contributed by atoms with E-state index in [0.29, 0.717) is 35.7 Å². The summed E-state index contributed by atoms with van der Waals surface area (Å²) in [6.07, 6.45) is 0.730. The SMILES string of the molecule is Cl.Nc1nc2c(s1)C1COCC(C2)N1c1nc(-c2ccc(F)cc2)no1. The van der Waals surface area contributed by atoms with Crippen LogP contribution in [0.3, 0.4) is 0 Å². The standard InChI is InChI=1S/C16H14FN5O2S.ClH/c17-9-3-1-8(2-4-9)14-20-16(24-21-14)22-10-5-11-13(25-15(18)19-11)12(22)7-23-6-10;/h1-4,10,12H,5-7H2,(H2,18,19);1H. The molecule has 2 N–H and O–H groups in total. The number of morpholine rings is 1. The van der Waals surface area contributed by atoms with Crippen LogP contribution < -0.4 is 10.6 Å². The monoisotopic (exact) mass is 395 g/mol. The summed E-state index contributed by atoms with van der Waals surface area (Å²) in [4.78, 5) is 12.1. The Bertz CT molecular complexity index is 931. The van der Waals surface area contributed by atoms with Crippen molar-refractivity contribution in [3.63, 3.8) is 0 Å². The predicted molar refractivity (Wildman–Crippen MR) is 97.0 cm³/mol. The molecule has 2 atom stereocenters. The Morgan fingerprint density at radius 3 is 2.81 bits per heavy atom. The number of halogens is 2. The molecular formula is C16H15ClFN5O2S. The molecule has 2 bridgehead atoms. The van der Waals surface area contributed by atoms with Crippen molar-refractivity contribution in [2.75, 3.05) is 23.8 Å². The maximum Gasteiger partial charge on any atom is 0.325 e. The van der Waals surface area contributed by atoms with Gasteiger partial charge in [-0.2, -0.15) is 4.98 Å². The first-order chi connectivity index (χ1) is 12.2. The Morgan fingerprint density at radius 1 is 1.19 bits per heavy atom. The number of aromatic nitrogens is 3. The second kappa shape index (κ2) is 6.49. The number of hydrogen-bond donors (Lipinski definition) is 1. The van der Waals surface area contributed by atoms with E-state index in [-0.39, 0.29) is 30.3 Å². The fraction of sp³-hybridized carbons (Fsp3) is 0.312. The molecule has 2 aromatic heterocycles. The number of rotatable bonds is 2. The molecule has 4 heterocycles. The Balaban J connectivity index is 0.00000168. The largest absolute Gasteiger partial charge is 0.377 e. The maximum absolute atomic E-state index is 13.1. The van der Waals surface area contributed by atoms with Gasteiger partial charge in [-0.1, -0.05) is 16.5 Å². The lowest BCUT2D eigenvalue weighted by Crippen LogP contribution is -2.51. The van der Waals surface area contributed by atoms with E-state index in [0.717, 1.165) is 17.0 Å². The number of anilines is 2. The maximum atomic E-state index is 13.1. The van der Waals surface area contributed by atoms with Crippen molar-refractivity contribution in [1.82, 2.24) is 15.1 Å². The highest BCUT2D eigenvalue weighted by Crippen LogP contribution is 2.42. The molecule has 0 radical (unpaired) electrons. The summed E-state index contributed by atoms with van der Waals surface area (Å²) in [7, 11) is 0. The lowest BCUT2D eigenvalue weighted by atomic mass is 9.97. The van der Waals surface area contributed by atoms with Gasteiger partial charge >= 0.3 is 6.01 Å². The van der Waals surface area contributed by atoms with Crippen molar-refractivity contribution >= 4 is 34.9 Å². The lowest BCUT2D eigenvalue weighted by Gasteiger charge is -2.43. The van der Waals surface area contributed by atoms with Crippen LogP contribution in [-0.4, -0.2) is 34.4 Å². The lowest BCUT2D eigenvalue weighted by molar-refractivity contribution is 0.0570. The minimum atomic E-state index is -0.300. The van der Waals surface area contributed by atoms with Crippen LogP contribution in [0, 0.1) is 5.82 Å². The molecule has 0 amide bonds. The summed E-state index contributed by atoms with van der Waals surface area (Å²) in [6.45, 7) is 1.10. The highest BCUT2D eigenvalue weighted by Gasteiger charge is 2.42. The van der Waals surface area contributed by atoms with Crippen molar-refractivity contribution < 1.29 is 13.7 Å². The van der Waals surface area contributed by atoms with Crippen molar-refractivity contribution in [3.8, 4) is 11.4 Å². The Labute approximate surface area is 158 Å². The zero-order valence-corrected chi connectivity index (χ0v) is 15.1. The van der Waals surface area contributed by atoms with Gasteiger partial charge < -0.3 is 19.9 Å². The Hall–Kier alpha value is -2.23. The molecule has 0 saturated carbocycles. The first-order valence-corrected chi connectivity index (χ1v) is 8.71. The average molecular weight is 396 g/mol. The molecule has 2 unspecified atom stereocenters. The molecule has 7 nitrogen and oxygen atoms in total. The fourth-order valence-electron chi connectivity index (χ4n) is 3.43. The number of fused-ring (bicyclic) bond motifs is 4. The quantitative estimate of drug-likeness (QED) is 0.713. The third-order valence-electron chi connectivity index (χ3n) is 4.53. The van der Waals surface area contributed by atoms with Gasteiger partial charge in [-0.3, -0.25) is 0 Å². The second-order valence-electron chi connectivity index (χ2n) is 6.09. The topological polar surface area (TPSA) is 90.3 Å². The molecule has 2 aliphatic heterocycles. The molecule has 136 valence electrons. The first-order valence-electron chi connectivity index (χ1n) is 7.90. The summed E-state index contributed by atoms with van der Waals surface area (Å²) in [6, 6.07) is 6.50. The van der Waals surface area contributed by atoms with Crippen LogP contribution in [0.25, 0.3) is 11.4 Å². The zero-order chi connectivity index (χ0) is 17.0. The van der Waals surface area contributed by atoms with Crippen molar-refractivity contribution in [1.29, 1.82) is 0 Å². The van der Waals surface area contributed by atoms with E-state index in [1.54, 1.807) is 12.1 Å². The smallest absolute Gasteiger partial charge is 0.325 e. The van der Waals surface area contributed by atoms with Crippen LogP contribution in [0.1, 0.15) is 16.6 Å². The van der Waals surface area contributed by atoms with Crippen molar-refractivity contribution in [3.05, 3.63) is 40.7 Å². The van der Waals surface area contributed by atoms with Crippen LogP contribution in [0.15, 0.2) is 28.8 Å². The fourth-order valence-corrected chi connectivity index (χ4v) is 4.37. The zero-order valence-electron chi connectivity index (χ0n) is 13.5. The van der Waals surface area contributed by atoms with Gasteiger partial charge in [0.25, 0.3) is 0 Å². The summed E-state index contributed by atoms with van der Waals surface area (Å²) in [5.41, 5.74) is 7.63. The molecule has 0 spiro atoms. The molecule has 1 aromatic carbocycles. The summed E-state index contributed by atoms with van der Waals surface area (Å²) in [5, 5.41) is 4.62. The van der Waals surface area contributed by atoms with Crippen LogP contribution in [-0.2, 0) is 11.2 Å². The average Bonchev–Trinajstić information content (AvgIpc) is 3.21. The number of benzene rings is 1. The molecule has 10 heteroatoms. The van der Waals surface area contributed by atoms with Gasteiger partial charge in [0, 0.05) is 12.0 Å². The van der Waals surface area contributed by atoms with Crippen LogP contribution in [0.5, 0.6) is 0 Å². The number of hydrogen-bond acceptors (Lipinski definition) is 8. The van der Waals surface area contributed by atoms with Gasteiger partial charge in [0.05, 0.1) is 35.9 Å². The Morgan fingerprint density at radius 2 is 2.00 bits per heavy atom. The third kappa shape index (κ3) is 2.72. The van der Waals surface area contributed by atoms with Gasteiger partial charge in [0.15, 0.2) is 5.13 Å². The highest BCUT2D eigenvalue weighted by molar-refractivity contribution is 7.15. The molecular weight excluding hydrogens is 381 g/mol. The van der Waals surface area contributed by atoms with E-state index < -0.39 is 0 Å². The van der Waals surface area contributed by atoms with Gasteiger partial charge in [-0.15, -0.1) is 12.4 Å².